The van der Waals surface area contributed by atoms with Gasteiger partial charge in [-0.25, -0.2) is 0 Å². The van der Waals surface area contributed by atoms with Crippen LogP contribution in [0.1, 0.15) is 20.8 Å². The molecule has 0 radical (unpaired) electrons. The molecule has 1 N–H and O–H groups in total. The van der Waals surface area contributed by atoms with Crippen molar-refractivity contribution in [3.63, 3.8) is 0 Å². The number of benzene rings is 1. The van der Waals surface area contributed by atoms with Gasteiger partial charge in [-0.05, 0) is 12.8 Å². The van der Waals surface area contributed by atoms with Gasteiger partial charge in [0.2, 0.25) is 5.91 Å². The summed E-state index contributed by atoms with van der Waals surface area (Å²) in [6.07, 6.45) is 0. The van der Waals surface area contributed by atoms with Crippen molar-refractivity contribution in [1.82, 2.24) is 0 Å². The number of nitrogens with one attached hydrogen (secondary N) is 1. The maximum atomic E-state index is 12.8. The van der Waals surface area contributed by atoms with Crippen LogP contribution >= 0.6 is 0 Å². The van der Waals surface area contributed by atoms with Crippen molar-refractivity contribution < 1.29 is 14.3 Å². The Balaban J connectivity index is 2.07. The monoisotopic (exact) mass is 302 g/mol. The Morgan fingerprint density at radius 2 is 2.00 bits per heavy atom. The first-order chi connectivity index (χ1) is 10.5. The van der Waals surface area contributed by atoms with E-state index in [4.69, 9.17) is 9.47 Å². The molecule has 1 atom stereocenters. The van der Waals surface area contributed by atoms with E-state index in [9.17, 15) is 4.79 Å². The number of carbonyl (C=O) groups excluding carboxylic acids is 1. The average Bonchev–Trinajstić information content (AvgIpc) is 2.47. The van der Waals surface area contributed by atoms with Crippen LogP contribution in [0.2, 0.25) is 0 Å². The van der Waals surface area contributed by atoms with Gasteiger partial charge in [-0.3, -0.25) is 4.79 Å². The van der Waals surface area contributed by atoms with Crippen LogP contribution < -0.4 is 19.7 Å². The highest BCUT2D eigenvalue weighted by atomic mass is 16.6. The fraction of sp³-hybridized carbons (Fsp3) is 0.471. The predicted octanol–water partition coefficient (Wildman–Crippen LogP) is 2.82. The van der Waals surface area contributed by atoms with E-state index in [1.54, 1.807) is 4.90 Å². The third-order valence-corrected chi connectivity index (χ3v) is 3.89. The summed E-state index contributed by atoms with van der Waals surface area (Å²) in [4.78, 5) is 14.6. The summed E-state index contributed by atoms with van der Waals surface area (Å²) in [5, 5.41) is 3.34. The van der Waals surface area contributed by atoms with Gasteiger partial charge in [0.1, 0.15) is 19.3 Å². The van der Waals surface area contributed by atoms with E-state index < -0.39 is 0 Å². The number of hydrogen-bond acceptors (Lipinski definition) is 4. The summed E-state index contributed by atoms with van der Waals surface area (Å²) >= 11 is 0. The van der Waals surface area contributed by atoms with Crippen molar-refractivity contribution in [2.45, 2.75) is 26.8 Å². The quantitative estimate of drug-likeness (QED) is 0.872. The molecule has 0 saturated carbocycles. The van der Waals surface area contributed by atoms with E-state index in [0.717, 1.165) is 22.7 Å². The molecule has 0 aliphatic carbocycles. The summed E-state index contributed by atoms with van der Waals surface area (Å²) in [6.45, 7) is 11.5. The largest absolute Gasteiger partial charge is 0.486 e. The number of fused-ring (bicyclic) bond motifs is 2. The zero-order chi connectivity index (χ0) is 15.9. The van der Waals surface area contributed by atoms with Crippen LogP contribution in [-0.4, -0.2) is 31.7 Å². The van der Waals surface area contributed by atoms with Gasteiger partial charge in [0.05, 0.1) is 11.4 Å². The highest BCUT2D eigenvalue weighted by Gasteiger charge is 2.35. The molecular weight excluding hydrogens is 280 g/mol. The molecule has 1 amide bonds. The van der Waals surface area contributed by atoms with Gasteiger partial charge >= 0.3 is 0 Å². The summed E-state index contributed by atoms with van der Waals surface area (Å²) < 4.78 is 11.3. The van der Waals surface area contributed by atoms with Gasteiger partial charge in [0, 0.05) is 18.7 Å². The van der Waals surface area contributed by atoms with Gasteiger partial charge < -0.3 is 19.7 Å². The second kappa shape index (κ2) is 5.55. The van der Waals surface area contributed by atoms with Gasteiger partial charge in [0.25, 0.3) is 0 Å². The van der Waals surface area contributed by atoms with E-state index in [1.807, 2.05) is 32.9 Å². The van der Waals surface area contributed by atoms with Gasteiger partial charge in [-0.15, -0.1) is 0 Å². The first kappa shape index (κ1) is 14.8. The SMILES string of the molecule is C=C(C)CN1C(=O)C(C(C)C)Nc2cc3c(cc21)OCCO3. The van der Waals surface area contributed by atoms with E-state index >= 15 is 0 Å². The van der Waals surface area contributed by atoms with Crippen LogP contribution in [0.15, 0.2) is 24.3 Å². The highest BCUT2D eigenvalue weighted by molar-refractivity contribution is 6.06. The van der Waals surface area contributed by atoms with E-state index in [1.165, 1.54) is 0 Å². The molecule has 5 heteroatoms. The zero-order valence-electron chi connectivity index (χ0n) is 13.3. The number of anilines is 2. The minimum absolute atomic E-state index is 0.0715. The Morgan fingerprint density at radius 3 is 2.59 bits per heavy atom. The molecule has 2 aliphatic heterocycles. The van der Waals surface area contributed by atoms with Crippen LogP contribution in [0.4, 0.5) is 11.4 Å². The minimum Gasteiger partial charge on any atom is -0.486 e. The van der Waals surface area contributed by atoms with Gasteiger partial charge in [0.15, 0.2) is 11.5 Å². The highest BCUT2D eigenvalue weighted by Crippen LogP contribution is 2.43. The second-order valence-electron chi connectivity index (χ2n) is 6.26. The summed E-state index contributed by atoms with van der Waals surface area (Å²) in [6, 6.07) is 3.57. The van der Waals surface area contributed by atoms with Crippen molar-refractivity contribution >= 4 is 17.3 Å². The maximum Gasteiger partial charge on any atom is 0.250 e. The smallest absolute Gasteiger partial charge is 0.250 e. The first-order valence-corrected chi connectivity index (χ1v) is 7.63. The molecule has 0 aromatic heterocycles. The second-order valence-corrected chi connectivity index (χ2v) is 6.26. The van der Waals surface area contributed by atoms with Crippen molar-refractivity contribution in [3.05, 3.63) is 24.3 Å². The standard InChI is InChI=1S/C17H22N2O3/c1-10(2)9-19-13-8-15-14(21-5-6-22-15)7-12(13)18-16(11(3)4)17(19)20/h7-8,11,16,18H,1,5-6,9H2,2-4H3. The Kier molecular flexibility index (Phi) is 3.72. The third kappa shape index (κ3) is 2.51. The molecule has 2 heterocycles. The lowest BCUT2D eigenvalue weighted by atomic mass is 9.98. The van der Waals surface area contributed by atoms with Crippen molar-refractivity contribution in [1.29, 1.82) is 0 Å². The molecule has 5 nitrogen and oxygen atoms in total. The van der Waals surface area contributed by atoms with Crippen LogP contribution in [0.5, 0.6) is 11.5 Å². The van der Waals surface area contributed by atoms with E-state index in [2.05, 4.69) is 11.9 Å². The lowest BCUT2D eigenvalue weighted by molar-refractivity contribution is -0.120. The Hall–Kier alpha value is -2.17. The lowest BCUT2D eigenvalue weighted by Gasteiger charge is -2.38. The molecule has 0 fully saturated rings. The molecule has 1 unspecified atom stereocenters. The van der Waals surface area contributed by atoms with E-state index in [0.29, 0.717) is 25.5 Å². The van der Waals surface area contributed by atoms with Gasteiger partial charge in [-0.1, -0.05) is 26.0 Å². The number of nitrogens with zero attached hydrogens (tertiary/aromatic N) is 1. The summed E-state index contributed by atoms with van der Waals surface area (Å²) in [5.74, 6) is 1.68. The first-order valence-electron chi connectivity index (χ1n) is 7.63. The fourth-order valence-corrected chi connectivity index (χ4v) is 2.82. The number of hydrogen-bond donors (Lipinski definition) is 1. The van der Waals surface area contributed by atoms with Crippen molar-refractivity contribution in [3.8, 4) is 11.5 Å². The lowest BCUT2D eigenvalue weighted by Crippen LogP contribution is -2.50. The number of rotatable bonds is 3. The maximum absolute atomic E-state index is 12.8. The fourth-order valence-electron chi connectivity index (χ4n) is 2.82. The number of ether oxygens (including phenoxy) is 2. The molecule has 3 rings (SSSR count). The van der Waals surface area contributed by atoms with Crippen molar-refractivity contribution in [2.24, 2.45) is 5.92 Å². The molecule has 0 bridgehead atoms. The zero-order valence-corrected chi connectivity index (χ0v) is 13.3. The van der Waals surface area contributed by atoms with Crippen LogP contribution in [0, 0.1) is 5.92 Å². The Bertz CT molecular complexity index is 625. The molecule has 22 heavy (non-hydrogen) atoms. The number of amides is 1. The van der Waals surface area contributed by atoms with Crippen LogP contribution in [0.25, 0.3) is 0 Å². The minimum atomic E-state index is -0.241. The molecule has 118 valence electrons. The average molecular weight is 302 g/mol. The Labute approximate surface area is 130 Å². The van der Waals surface area contributed by atoms with E-state index in [-0.39, 0.29) is 17.9 Å². The molecule has 1 aromatic carbocycles. The molecule has 0 saturated heterocycles. The summed E-state index contributed by atoms with van der Waals surface area (Å²) in [5.41, 5.74) is 2.68. The molecule has 2 aliphatic rings. The predicted molar refractivity (Wildman–Crippen MR) is 86.8 cm³/mol. The van der Waals surface area contributed by atoms with Crippen molar-refractivity contribution in [2.75, 3.05) is 30.0 Å². The Morgan fingerprint density at radius 1 is 1.36 bits per heavy atom. The molecule has 1 aromatic rings. The normalized spacial score (nSPS) is 19.7. The van der Waals surface area contributed by atoms with Gasteiger partial charge in [-0.2, -0.15) is 0 Å². The third-order valence-electron chi connectivity index (χ3n) is 3.89. The number of carbonyl (C=O) groups is 1. The molecule has 0 spiro atoms. The van der Waals surface area contributed by atoms with Crippen LogP contribution in [-0.2, 0) is 4.79 Å². The topological polar surface area (TPSA) is 50.8 Å². The van der Waals surface area contributed by atoms with Crippen LogP contribution in [0.3, 0.4) is 0 Å². The summed E-state index contributed by atoms with van der Waals surface area (Å²) in [7, 11) is 0. The molecular formula is C17H22N2O3.